The van der Waals surface area contributed by atoms with Gasteiger partial charge in [0.1, 0.15) is 5.75 Å². The molecule has 0 radical (unpaired) electrons. The van der Waals surface area contributed by atoms with Crippen molar-refractivity contribution >= 4 is 5.91 Å². The van der Waals surface area contributed by atoms with Crippen molar-refractivity contribution in [2.75, 3.05) is 20.7 Å². The van der Waals surface area contributed by atoms with E-state index in [2.05, 4.69) is 17.3 Å². The predicted molar refractivity (Wildman–Crippen MR) is 93.9 cm³/mol. The van der Waals surface area contributed by atoms with E-state index in [1.807, 2.05) is 48.3 Å². The lowest BCUT2D eigenvalue weighted by Crippen LogP contribution is -2.30. The smallest absolute Gasteiger partial charge is 0.259 e. The van der Waals surface area contributed by atoms with E-state index in [-0.39, 0.29) is 18.6 Å². The van der Waals surface area contributed by atoms with Crippen LogP contribution in [0.4, 0.5) is 0 Å². The lowest BCUT2D eigenvalue weighted by atomic mass is 10.2. The average molecular weight is 330 g/mol. The molecule has 1 amide bonds. The SMILES string of the molecule is Cc1cnn(C[C@@H](C)NCc2ccccc2OCC(=O)N(C)C)c1. The number of ether oxygens (including phenoxy) is 1. The van der Waals surface area contributed by atoms with Crippen molar-refractivity contribution in [1.29, 1.82) is 0 Å². The number of benzene rings is 1. The second-order valence-corrected chi connectivity index (χ2v) is 6.21. The van der Waals surface area contributed by atoms with E-state index in [9.17, 15) is 4.79 Å². The zero-order valence-electron chi connectivity index (χ0n) is 14.8. The molecule has 1 aromatic carbocycles. The van der Waals surface area contributed by atoms with Gasteiger partial charge >= 0.3 is 0 Å². The van der Waals surface area contributed by atoms with Crippen molar-refractivity contribution in [1.82, 2.24) is 20.0 Å². The Labute approximate surface area is 143 Å². The Morgan fingerprint density at radius 1 is 1.38 bits per heavy atom. The van der Waals surface area contributed by atoms with Crippen LogP contribution in [0, 0.1) is 6.92 Å². The number of nitrogens with one attached hydrogen (secondary N) is 1. The van der Waals surface area contributed by atoms with Crippen LogP contribution in [0.25, 0.3) is 0 Å². The third-order valence-electron chi connectivity index (χ3n) is 3.69. The number of hydrogen-bond acceptors (Lipinski definition) is 4. The van der Waals surface area contributed by atoms with Crippen LogP contribution < -0.4 is 10.1 Å². The molecule has 0 aliphatic rings. The molecule has 1 N–H and O–H groups in total. The molecule has 0 saturated carbocycles. The first-order valence-electron chi connectivity index (χ1n) is 8.09. The fourth-order valence-corrected chi connectivity index (χ4v) is 2.26. The van der Waals surface area contributed by atoms with E-state index in [1.54, 1.807) is 14.1 Å². The highest BCUT2D eigenvalue weighted by Gasteiger charge is 2.09. The zero-order valence-corrected chi connectivity index (χ0v) is 14.8. The standard InChI is InChI=1S/C18H26N4O2/c1-14-9-20-22(11-14)12-15(2)19-10-16-7-5-6-8-17(16)24-13-18(23)21(3)4/h5-9,11,15,19H,10,12-13H2,1-4H3/t15-/m1/s1. The second-order valence-electron chi connectivity index (χ2n) is 6.21. The number of likely N-dealkylation sites (N-methyl/N-ethyl adjacent to an activating group) is 1. The van der Waals surface area contributed by atoms with Crippen LogP contribution in [0.2, 0.25) is 0 Å². The fourth-order valence-electron chi connectivity index (χ4n) is 2.26. The van der Waals surface area contributed by atoms with Crippen LogP contribution in [0.3, 0.4) is 0 Å². The Bertz CT molecular complexity index is 667. The summed E-state index contributed by atoms with van der Waals surface area (Å²) in [5.41, 5.74) is 2.19. The molecule has 6 heteroatoms. The molecule has 2 aromatic rings. The van der Waals surface area contributed by atoms with Crippen LogP contribution in [-0.2, 0) is 17.9 Å². The van der Waals surface area contributed by atoms with Gasteiger partial charge in [-0.3, -0.25) is 9.48 Å². The number of aromatic nitrogens is 2. The lowest BCUT2D eigenvalue weighted by Gasteiger charge is -2.17. The summed E-state index contributed by atoms with van der Waals surface area (Å²) in [6, 6.07) is 8.05. The van der Waals surface area contributed by atoms with Gasteiger partial charge in [0.2, 0.25) is 0 Å². The number of amides is 1. The van der Waals surface area contributed by atoms with Gasteiger partial charge in [-0.2, -0.15) is 5.10 Å². The van der Waals surface area contributed by atoms with Crippen molar-refractivity contribution in [3.63, 3.8) is 0 Å². The molecule has 0 aliphatic carbocycles. The third-order valence-corrected chi connectivity index (χ3v) is 3.69. The van der Waals surface area contributed by atoms with Crippen LogP contribution in [0.15, 0.2) is 36.7 Å². The minimum Gasteiger partial charge on any atom is -0.483 e. The minimum absolute atomic E-state index is 0.0477. The monoisotopic (exact) mass is 330 g/mol. The maximum absolute atomic E-state index is 11.7. The summed E-state index contributed by atoms with van der Waals surface area (Å²) in [5.74, 6) is 0.683. The van der Waals surface area contributed by atoms with Crippen molar-refractivity contribution in [3.8, 4) is 5.75 Å². The van der Waals surface area contributed by atoms with Gasteiger partial charge < -0.3 is 15.0 Å². The van der Waals surface area contributed by atoms with Crippen LogP contribution in [-0.4, -0.2) is 47.3 Å². The van der Waals surface area contributed by atoms with Gasteiger partial charge in [0.25, 0.3) is 5.91 Å². The van der Waals surface area contributed by atoms with Crippen LogP contribution in [0.1, 0.15) is 18.1 Å². The van der Waals surface area contributed by atoms with E-state index in [4.69, 9.17) is 4.74 Å². The molecular weight excluding hydrogens is 304 g/mol. The first-order valence-corrected chi connectivity index (χ1v) is 8.09. The third kappa shape index (κ3) is 5.38. The van der Waals surface area contributed by atoms with E-state index >= 15 is 0 Å². The van der Waals surface area contributed by atoms with E-state index in [1.165, 1.54) is 4.90 Å². The molecule has 2 rings (SSSR count). The molecule has 0 bridgehead atoms. The Hall–Kier alpha value is -2.34. The van der Waals surface area contributed by atoms with Gasteiger partial charge in [0.05, 0.1) is 12.7 Å². The summed E-state index contributed by atoms with van der Waals surface area (Å²) >= 11 is 0. The number of rotatable bonds is 8. The number of carbonyl (C=O) groups excluding carboxylic acids is 1. The molecule has 0 spiro atoms. The second kappa shape index (κ2) is 8.49. The number of hydrogen-bond donors (Lipinski definition) is 1. The molecule has 1 aromatic heterocycles. The molecule has 0 fully saturated rings. The predicted octanol–water partition coefficient (Wildman–Crippen LogP) is 1.84. The lowest BCUT2D eigenvalue weighted by molar-refractivity contribution is -0.130. The van der Waals surface area contributed by atoms with Gasteiger partial charge in [-0.05, 0) is 25.5 Å². The Morgan fingerprint density at radius 2 is 2.12 bits per heavy atom. The van der Waals surface area contributed by atoms with Gasteiger partial charge in [0.15, 0.2) is 6.61 Å². The summed E-state index contributed by atoms with van der Waals surface area (Å²) in [4.78, 5) is 13.2. The van der Waals surface area contributed by atoms with Crippen molar-refractivity contribution in [2.24, 2.45) is 0 Å². The van der Waals surface area contributed by atoms with Gasteiger partial charge in [-0.15, -0.1) is 0 Å². The van der Waals surface area contributed by atoms with E-state index < -0.39 is 0 Å². The summed E-state index contributed by atoms with van der Waals surface area (Å²) in [6.07, 6.45) is 3.89. The number of para-hydroxylation sites is 1. The fraction of sp³-hybridized carbons (Fsp3) is 0.444. The topological polar surface area (TPSA) is 59.4 Å². The maximum Gasteiger partial charge on any atom is 0.259 e. The molecule has 0 aliphatic heterocycles. The quantitative estimate of drug-likeness (QED) is 0.802. The Kier molecular flexibility index (Phi) is 6.37. The Morgan fingerprint density at radius 3 is 2.79 bits per heavy atom. The van der Waals surface area contributed by atoms with Gasteiger partial charge in [-0.1, -0.05) is 18.2 Å². The van der Waals surface area contributed by atoms with E-state index in [0.29, 0.717) is 6.54 Å². The molecule has 24 heavy (non-hydrogen) atoms. The molecule has 130 valence electrons. The van der Waals surface area contributed by atoms with Gasteiger partial charge in [-0.25, -0.2) is 0 Å². The first-order chi connectivity index (χ1) is 11.5. The highest BCUT2D eigenvalue weighted by molar-refractivity contribution is 5.77. The largest absolute Gasteiger partial charge is 0.483 e. The highest BCUT2D eigenvalue weighted by Crippen LogP contribution is 2.18. The zero-order chi connectivity index (χ0) is 17.5. The summed E-state index contributed by atoms with van der Waals surface area (Å²) in [6.45, 7) is 5.68. The first kappa shape index (κ1) is 18.0. The normalized spacial score (nSPS) is 12.0. The summed E-state index contributed by atoms with van der Waals surface area (Å²) in [5, 5.41) is 7.77. The summed E-state index contributed by atoms with van der Waals surface area (Å²) in [7, 11) is 3.44. The van der Waals surface area contributed by atoms with Crippen molar-refractivity contribution in [3.05, 3.63) is 47.8 Å². The average Bonchev–Trinajstić information content (AvgIpc) is 2.96. The maximum atomic E-state index is 11.7. The molecular formula is C18H26N4O2. The minimum atomic E-state index is -0.0554. The Balaban J connectivity index is 1.88. The van der Waals surface area contributed by atoms with Crippen molar-refractivity contribution in [2.45, 2.75) is 33.0 Å². The molecule has 6 nitrogen and oxygen atoms in total. The van der Waals surface area contributed by atoms with E-state index in [0.717, 1.165) is 23.4 Å². The van der Waals surface area contributed by atoms with Gasteiger partial charge in [0, 0.05) is 38.4 Å². The summed E-state index contributed by atoms with van der Waals surface area (Å²) < 4.78 is 7.60. The molecule has 0 saturated heterocycles. The van der Waals surface area contributed by atoms with Crippen LogP contribution in [0.5, 0.6) is 5.75 Å². The highest BCUT2D eigenvalue weighted by atomic mass is 16.5. The molecule has 1 atom stereocenters. The van der Waals surface area contributed by atoms with Crippen LogP contribution >= 0.6 is 0 Å². The number of nitrogens with zero attached hydrogens (tertiary/aromatic N) is 3. The molecule has 1 heterocycles. The molecule has 0 unspecified atom stereocenters. The number of aryl methyl sites for hydroxylation is 1. The number of carbonyl (C=O) groups is 1. The van der Waals surface area contributed by atoms with Crippen molar-refractivity contribution < 1.29 is 9.53 Å².